The summed E-state index contributed by atoms with van der Waals surface area (Å²) in [6.07, 6.45) is 0. The fourth-order valence-electron chi connectivity index (χ4n) is 2.93. The van der Waals surface area contributed by atoms with Gasteiger partial charge in [0.15, 0.2) is 0 Å². The number of piperazine rings is 1. The summed E-state index contributed by atoms with van der Waals surface area (Å²) < 4.78 is 0. The molecule has 0 atom stereocenters. The predicted octanol–water partition coefficient (Wildman–Crippen LogP) is 2.05. The molecule has 1 aromatic carbocycles. The van der Waals surface area contributed by atoms with Gasteiger partial charge in [0.05, 0.1) is 0 Å². The number of nitrogen functional groups attached to an aromatic ring is 1. The molecule has 21 heavy (non-hydrogen) atoms. The van der Waals surface area contributed by atoms with E-state index in [2.05, 4.69) is 36.6 Å². The van der Waals surface area contributed by atoms with Crippen molar-refractivity contribution < 1.29 is 0 Å². The lowest BCUT2D eigenvalue weighted by molar-refractivity contribution is 0.117. The Kier molecular flexibility index (Phi) is 5.37. The zero-order valence-corrected chi connectivity index (χ0v) is 13.5. The highest BCUT2D eigenvalue weighted by Gasteiger charge is 2.18. The summed E-state index contributed by atoms with van der Waals surface area (Å²) in [6, 6.07) is 6.10. The number of hydrogen-bond acceptors (Lipinski definition) is 3. The van der Waals surface area contributed by atoms with Gasteiger partial charge < -0.3 is 10.6 Å². The molecule has 3 N–H and O–H groups in total. The second-order valence-electron chi connectivity index (χ2n) is 6.53. The summed E-state index contributed by atoms with van der Waals surface area (Å²) in [5.74, 6) is 0.893. The van der Waals surface area contributed by atoms with Gasteiger partial charge in [-0.1, -0.05) is 26.0 Å². The van der Waals surface area contributed by atoms with E-state index in [1.165, 1.54) is 30.8 Å². The van der Waals surface area contributed by atoms with Gasteiger partial charge in [-0.3, -0.25) is 10.3 Å². The van der Waals surface area contributed by atoms with Crippen molar-refractivity contribution in [3.8, 4) is 0 Å². The van der Waals surface area contributed by atoms with Crippen LogP contribution in [0.5, 0.6) is 0 Å². The van der Waals surface area contributed by atoms with Gasteiger partial charge in [-0.25, -0.2) is 0 Å². The maximum atomic E-state index is 7.50. The lowest BCUT2D eigenvalue weighted by Gasteiger charge is -2.35. The number of nitrogens with two attached hydrogens (primary N) is 1. The third-order valence-corrected chi connectivity index (χ3v) is 4.14. The Morgan fingerprint density at radius 2 is 1.81 bits per heavy atom. The molecule has 0 spiro atoms. The van der Waals surface area contributed by atoms with Crippen LogP contribution in [-0.2, 0) is 6.54 Å². The van der Waals surface area contributed by atoms with Crippen molar-refractivity contribution in [1.29, 1.82) is 5.41 Å². The topological polar surface area (TPSA) is 56.4 Å². The van der Waals surface area contributed by atoms with Crippen molar-refractivity contribution in [2.45, 2.75) is 27.3 Å². The number of nitrogens with one attached hydrogen (secondary N) is 1. The molecule has 0 unspecified atom stereocenters. The molecule has 1 aliphatic rings. The molecule has 2 rings (SSSR count). The second-order valence-corrected chi connectivity index (χ2v) is 6.53. The van der Waals surface area contributed by atoms with E-state index in [1.54, 1.807) is 0 Å². The quantitative estimate of drug-likeness (QED) is 0.644. The van der Waals surface area contributed by atoms with Crippen molar-refractivity contribution in [2.24, 2.45) is 11.7 Å². The highest BCUT2D eigenvalue weighted by atomic mass is 15.3. The molecule has 1 aromatic rings. The largest absolute Gasteiger partial charge is 0.384 e. The Hall–Kier alpha value is -1.39. The van der Waals surface area contributed by atoms with E-state index in [1.807, 2.05) is 12.1 Å². The van der Waals surface area contributed by atoms with Gasteiger partial charge in [0.25, 0.3) is 0 Å². The van der Waals surface area contributed by atoms with Crippen LogP contribution in [0.25, 0.3) is 0 Å². The molecule has 0 aromatic heterocycles. The molecular formula is C17H28N4. The monoisotopic (exact) mass is 288 g/mol. The van der Waals surface area contributed by atoms with Crippen molar-refractivity contribution in [3.63, 3.8) is 0 Å². The Bertz CT molecular complexity index is 488. The Balaban J connectivity index is 1.90. The minimum atomic E-state index is 0.145. The summed E-state index contributed by atoms with van der Waals surface area (Å²) >= 11 is 0. The van der Waals surface area contributed by atoms with Gasteiger partial charge in [0.1, 0.15) is 5.84 Å². The maximum Gasteiger partial charge on any atom is 0.122 e. The Labute approximate surface area is 128 Å². The molecular weight excluding hydrogens is 260 g/mol. The summed E-state index contributed by atoms with van der Waals surface area (Å²) in [6.45, 7) is 13.5. The van der Waals surface area contributed by atoms with Gasteiger partial charge in [-0.05, 0) is 30.0 Å². The van der Waals surface area contributed by atoms with Crippen LogP contribution in [0.3, 0.4) is 0 Å². The molecule has 1 fully saturated rings. The van der Waals surface area contributed by atoms with E-state index in [-0.39, 0.29) is 5.84 Å². The van der Waals surface area contributed by atoms with Crippen LogP contribution >= 0.6 is 0 Å². The summed E-state index contributed by atoms with van der Waals surface area (Å²) in [7, 11) is 0. The molecule has 0 bridgehead atoms. The van der Waals surface area contributed by atoms with E-state index in [0.717, 1.165) is 31.1 Å². The molecule has 1 heterocycles. The highest BCUT2D eigenvalue weighted by Crippen LogP contribution is 2.15. The van der Waals surface area contributed by atoms with Crippen LogP contribution in [0.1, 0.15) is 30.5 Å². The van der Waals surface area contributed by atoms with E-state index in [9.17, 15) is 0 Å². The van der Waals surface area contributed by atoms with Gasteiger partial charge in [-0.15, -0.1) is 0 Å². The minimum absolute atomic E-state index is 0.145. The van der Waals surface area contributed by atoms with Crippen molar-refractivity contribution in [2.75, 3.05) is 32.7 Å². The zero-order valence-electron chi connectivity index (χ0n) is 13.5. The molecule has 0 radical (unpaired) electrons. The van der Waals surface area contributed by atoms with Crippen LogP contribution in [-0.4, -0.2) is 48.4 Å². The standard InChI is InChI=1S/C17H28N4/c1-13(2)11-20-6-8-21(9-7-20)12-16-5-4-15(17(18)19)10-14(16)3/h4-5,10,13H,6-9,11-12H2,1-3H3,(H3,18,19). The first kappa shape index (κ1) is 16.0. The second kappa shape index (κ2) is 7.05. The Morgan fingerprint density at radius 1 is 1.19 bits per heavy atom. The summed E-state index contributed by atoms with van der Waals surface area (Å²) in [4.78, 5) is 5.08. The van der Waals surface area contributed by atoms with Crippen LogP contribution in [0.2, 0.25) is 0 Å². The van der Waals surface area contributed by atoms with Crippen LogP contribution in [0.15, 0.2) is 18.2 Å². The average Bonchev–Trinajstić information content (AvgIpc) is 2.42. The lowest BCUT2D eigenvalue weighted by Crippen LogP contribution is -2.46. The first-order valence-electron chi connectivity index (χ1n) is 7.84. The molecule has 1 saturated heterocycles. The number of nitrogens with zero attached hydrogens (tertiary/aromatic N) is 2. The zero-order chi connectivity index (χ0) is 15.4. The first-order chi connectivity index (χ1) is 9.95. The van der Waals surface area contributed by atoms with Gasteiger partial charge in [0.2, 0.25) is 0 Å². The van der Waals surface area contributed by atoms with E-state index >= 15 is 0 Å². The van der Waals surface area contributed by atoms with Crippen molar-refractivity contribution in [1.82, 2.24) is 9.80 Å². The van der Waals surface area contributed by atoms with Crippen LogP contribution in [0.4, 0.5) is 0 Å². The number of amidine groups is 1. The SMILES string of the molecule is Cc1cc(C(=N)N)ccc1CN1CCN(CC(C)C)CC1. The number of aryl methyl sites for hydroxylation is 1. The van der Waals surface area contributed by atoms with Crippen molar-refractivity contribution >= 4 is 5.84 Å². The normalized spacial score (nSPS) is 17.3. The van der Waals surface area contributed by atoms with Gasteiger partial charge >= 0.3 is 0 Å². The smallest absolute Gasteiger partial charge is 0.122 e. The number of rotatable bonds is 5. The number of benzene rings is 1. The maximum absolute atomic E-state index is 7.50. The third kappa shape index (κ3) is 4.55. The predicted molar refractivity (Wildman–Crippen MR) is 88.8 cm³/mol. The highest BCUT2D eigenvalue weighted by molar-refractivity contribution is 5.95. The molecule has 0 saturated carbocycles. The first-order valence-corrected chi connectivity index (χ1v) is 7.84. The van der Waals surface area contributed by atoms with Crippen LogP contribution in [0, 0.1) is 18.3 Å². The lowest BCUT2D eigenvalue weighted by atomic mass is 10.0. The molecule has 4 heteroatoms. The summed E-state index contributed by atoms with van der Waals surface area (Å²) in [5, 5.41) is 7.50. The van der Waals surface area contributed by atoms with E-state index < -0.39 is 0 Å². The van der Waals surface area contributed by atoms with Crippen LogP contribution < -0.4 is 5.73 Å². The molecule has 1 aliphatic heterocycles. The average molecular weight is 288 g/mol. The number of hydrogen-bond donors (Lipinski definition) is 2. The third-order valence-electron chi connectivity index (χ3n) is 4.14. The Morgan fingerprint density at radius 3 is 2.33 bits per heavy atom. The fraction of sp³-hybridized carbons (Fsp3) is 0.588. The molecule has 0 aliphatic carbocycles. The summed E-state index contributed by atoms with van der Waals surface area (Å²) in [5.41, 5.74) is 8.93. The minimum Gasteiger partial charge on any atom is -0.384 e. The molecule has 116 valence electrons. The van der Waals surface area contributed by atoms with Crippen molar-refractivity contribution in [3.05, 3.63) is 34.9 Å². The molecule has 4 nitrogen and oxygen atoms in total. The van der Waals surface area contributed by atoms with Gasteiger partial charge in [-0.2, -0.15) is 0 Å². The van der Waals surface area contributed by atoms with E-state index in [4.69, 9.17) is 11.1 Å². The molecule has 0 amide bonds. The fourth-order valence-corrected chi connectivity index (χ4v) is 2.93. The van der Waals surface area contributed by atoms with E-state index in [0.29, 0.717) is 0 Å². The van der Waals surface area contributed by atoms with Gasteiger partial charge in [0, 0.05) is 44.8 Å².